The van der Waals surface area contributed by atoms with Crippen molar-refractivity contribution in [1.29, 1.82) is 0 Å². The lowest BCUT2D eigenvalue weighted by Gasteiger charge is -2.17. The molecule has 0 aliphatic heterocycles. The first-order chi connectivity index (χ1) is 13.8. The standard InChI is InChI=1S/C22H15F3N2O2/c23-22(24,25)20-12-16(27(28)29)9-10-21(20)26-13-19-17-7-3-1-5-14(17)11-15-6-2-4-8-18(15)19/h1-12,26H,13H2. The molecule has 0 saturated carbocycles. The molecule has 4 aromatic carbocycles. The van der Waals surface area contributed by atoms with Gasteiger partial charge in [0.2, 0.25) is 0 Å². The third-order valence-electron chi connectivity index (χ3n) is 4.86. The predicted octanol–water partition coefficient (Wildman–Crippen LogP) is 6.53. The van der Waals surface area contributed by atoms with Gasteiger partial charge in [-0.05, 0) is 39.2 Å². The normalized spacial score (nSPS) is 11.7. The van der Waals surface area contributed by atoms with Crippen molar-refractivity contribution in [1.82, 2.24) is 0 Å². The maximum Gasteiger partial charge on any atom is 0.418 e. The summed E-state index contributed by atoms with van der Waals surface area (Å²) < 4.78 is 40.4. The van der Waals surface area contributed by atoms with Crippen molar-refractivity contribution in [2.24, 2.45) is 0 Å². The van der Waals surface area contributed by atoms with Gasteiger partial charge in [0.25, 0.3) is 5.69 Å². The molecule has 0 radical (unpaired) electrons. The fourth-order valence-corrected chi connectivity index (χ4v) is 3.52. The summed E-state index contributed by atoms with van der Waals surface area (Å²) in [6.45, 7) is 0.142. The number of nitrogens with one attached hydrogen (secondary N) is 1. The van der Waals surface area contributed by atoms with Gasteiger partial charge in [-0.25, -0.2) is 0 Å². The summed E-state index contributed by atoms with van der Waals surface area (Å²) in [4.78, 5) is 10.0. The lowest BCUT2D eigenvalue weighted by atomic mass is 9.96. The third kappa shape index (κ3) is 3.59. The van der Waals surface area contributed by atoms with E-state index in [0.29, 0.717) is 6.07 Å². The number of rotatable bonds is 4. The summed E-state index contributed by atoms with van der Waals surface area (Å²) in [5, 5.41) is 17.6. The molecule has 0 aliphatic carbocycles. The van der Waals surface area contributed by atoms with Gasteiger partial charge < -0.3 is 5.32 Å². The second-order valence-electron chi connectivity index (χ2n) is 6.64. The zero-order valence-electron chi connectivity index (χ0n) is 15.0. The SMILES string of the molecule is O=[N+]([O-])c1ccc(NCc2c3ccccc3cc3ccccc23)c(C(F)(F)F)c1. The van der Waals surface area contributed by atoms with E-state index in [2.05, 4.69) is 5.32 Å². The zero-order chi connectivity index (χ0) is 20.6. The highest BCUT2D eigenvalue weighted by Gasteiger charge is 2.35. The molecule has 0 unspecified atom stereocenters. The first kappa shape index (κ1) is 18.7. The Morgan fingerprint density at radius 2 is 1.45 bits per heavy atom. The van der Waals surface area contributed by atoms with E-state index in [-0.39, 0.29) is 12.2 Å². The molecule has 0 amide bonds. The van der Waals surface area contributed by atoms with Crippen LogP contribution in [0.25, 0.3) is 21.5 Å². The zero-order valence-corrected chi connectivity index (χ0v) is 15.0. The van der Waals surface area contributed by atoms with Gasteiger partial charge in [-0.3, -0.25) is 10.1 Å². The Bertz CT molecular complexity index is 1180. The number of anilines is 1. The Hall–Kier alpha value is -3.61. The van der Waals surface area contributed by atoms with Crippen LogP contribution in [0.3, 0.4) is 0 Å². The third-order valence-corrected chi connectivity index (χ3v) is 4.86. The minimum atomic E-state index is -4.71. The first-order valence-electron chi connectivity index (χ1n) is 8.83. The fraction of sp³-hybridized carbons (Fsp3) is 0.0909. The van der Waals surface area contributed by atoms with Crippen molar-refractivity contribution in [2.75, 3.05) is 5.32 Å². The molecular formula is C22H15F3N2O2. The van der Waals surface area contributed by atoms with Crippen LogP contribution in [0.5, 0.6) is 0 Å². The number of hydrogen-bond acceptors (Lipinski definition) is 3. The molecule has 4 rings (SSSR count). The van der Waals surface area contributed by atoms with Crippen molar-refractivity contribution < 1.29 is 18.1 Å². The van der Waals surface area contributed by atoms with Crippen molar-refractivity contribution >= 4 is 32.9 Å². The number of fused-ring (bicyclic) bond motifs is 2. The number of non-ortho nitro benzene ring substituents is 1. The molecule has 4 nitrogen and oxygen atoms in total. The van der Waals surface area contributed by atoms with Crippen molar-refractivity contribution in [2.45, 2.75) is 12.7 Å². The maximum absolute atomic E-state index is 13.5. The number of nitro benzene ring substituents is 1. The lowest BCUT2D eigenvalue weighted by molar-refractivity contribution is -0.385. The molecule has 0 fully saturated rings. The van der Waals surface area contributed by atoms with Gasteiger partial charge in [0.05, 0.1) is 10.5 Å². The average Bonchev–Trinajstić information content (AvgIpc) is 2.70. The topological polar surface area (TPSA) is 55.2 Å². The maximum atomic E-state index is 13.5. The average molecular weight is 396 g/mol. The lowest BCUT2D eigenvalue weighted by Crippen LogP contribution is -2.11. The molecule has 0 aliphatic rings. The monoisotopic (exact) mass is 396 g/mol. The minimum Gasteiger partial charge on any atom is -0.380 e. The van der Waals surface area contributed by atoms with E-state index >= 15 is 0 Å². The van der Waals surface area contributed by atoms with Gasteiger partial charge >= 0.3 is 6.18 Å². The van der Waals surface area contributed by atoms with Gasteiger partial charge in [0.1, 0.15) is 0 Å². The molecule has 4 aromatic rings. The van der Waals surface area contributed by atoms with E-state index in [1.54, 1.807) is 0 Å². The molecular weight excluding hydrogens is 381 g/mol. The number of halogens is 3. The second-order valence-corrected chi connectivity index (χ2v) is 6.64. The van der Waals surface area contributed by atoms with Crippen LogP contribution in [0.2, 0.25) is 0 Å². The van der Waals surface area contributed by atoms with Gasteiger partial charge in [-0.1, -0.05) is 48.5 Å². The summed E-state index contributed by atoms with van der Waals surface area (Å²) in [5.74, 6) is 0. The quantitative estimate of drug-likeness (QED) is 0.242. The number of hydrogen-bond donors (Lipinski definition) is 1. The molecule has 0 atom stereocenters. The molecule has 1 N–H and O–H groups in total. The number of alkyl halides is 3. The Morgan fingerprint density at radius 3 is 2.00 bits per heavy atom. The van der Waals surface area contributed by atoms with E-state index in [0.717, 1.165) is 39.2 Å². The number of nitrogens with zero attached hydrogens (tertiary/aromatic N) is 1. The van der Waals surface area contributed by atoms with Crippen LogP contribution in [0.15, 0.2) is 72.8 Å². The summed E-state index contributed by atoms with van der Waals surface area (Å²) in [7, 11) is 0. The van der Waals surface area contributed by atoms with E-state index in [1.165, 1.54) is 0 Å². The summed E-state index contributed by atoms with van der Waals surface area (Å²) in [6, 6.07) is 20.1. The summed E-state index contributed by atoms with van der Waals surface area (Å²) in [6.07, 6.45) is -4.71. The number of benzene rings is 4. The highest BCUT2D eigenvalue weighted by molar-refractivity contribution is 6.02. The van der Waals surface area contributed by atoms with E-state index in [9.17, 15) is 23.3 Å². The fourth-order valence-electron chi connectivity index (χ4n) is 3.52. The van der Waals surface area contributed by atoms with Crippen LogP contribution < -0.4 is 5.32 Å². The highest BCUT2D eigenvalue weighted by Crippen LogP contribution is 2.38. The van der Waals surface area contributed by atoms with Gasteiger partial charge in [0, 0.05) is 24.4 Å². The van der Waals surface area contributed by atoms with Gasteiger partial charge in [0.15, 0.2) is 0 Å². The molecule has 146 valence electrons. The Morgan fingerprint density at radius 1 is 0.862 bits per heavy atom. The molecule has 29 heavy (non-hydrogen) atoms. The largest absolute Gasteiger partial charge is 0.418 e. The van der Waals surface area contributed by atoms with Crippen molar-refractivity contribution in [3.05, 3.63) is 94.0 Å². The van der Waals surface area contributed by atoms with Crippen molar-refractivity contribution in [3.63, 3.8) is 0 Å². The van der Waals surface area contributed by atoms with Crippen molar-refractivity contribution in [3.8, 4) is 0 Å². The first-order valence-corrected chi connectivity index (χ1v) is 8.83. The van der Waals surface area contributed by atoms with E-state index in [4.69, 9.17) is 0 Å². The Kier molecular flexibility index (Phi) is 4.58. The van der Waals surface area contributed by atoms with Crippen LogP contribution in [-0.2, 0) is 12.7 Å². The smallest absolute Gasteiger partial charge is 0.380 e. The summed E-state index contributed by atoms with van der Waals surface area (Å²) in [5.41, 5.74) is -0.986. The van der Waals surface area contributed by atoms with Crippen LogP contribution in [0, 0.1) is 10.1 Å². The molecule has 0 saturated heterocycles. The van der Waals surface area contributed by atoms with Crippen LogP contribution in [0.1, 0.15) is 11.1 Å². The van der Waals surface area contributed by atoms with Gasteiger partial charge in [-0.2, -0.15) is 13.2 Å². The van der Waals surface area contributed by atoms with E-state index in [1.807, 2.05) is 54.6 Å². The second kappa shape index (κ2) is 7.09. The van der Waals surface area contributed by atoms with Crippen LogP contribution >= 0.6 is 0 Å². The van der Waals surface area contributed by atoms with Crippen LogP contribution in [-0.4, -0.2) is 4.92 Å². The molecule has 7 heteroatoms. The Labute approximate surface area is 163 Å². The van der Waals surface area contributed by atoms with Gasteiger partial charge in [-0.15, -0.1) is 0 Å². The predicted molar refractivity (Wildman–Crippen MR) is 107 cm³/mol. The highest BCUT2D eigenvalue weighted by atomic mass is 19.4. The minimum absolute atomic E-state index is 0.142. The van der Waals surface area contributed by atoms with Crippen LogP contribution in [0.4, 0.5) is 24.5 Å². The summed E-state index contributed by atoms with van der Waals surface area (Å²) >= 11 is 0. The molecule has 0 aromatic heterocycles. The number of nitro groups is 1. The molecule has 0 heterocycles. The van der Waals surface area contributed by atoms with E-state index < -0.39 is 22.4 Å². The Balaban J connectivity index is 1.80. The molecule has 0 spiro atoms. The molecule has 0 bridgehead atoms.